The lowest BCUT2D eigenvalue weighted by Crippen LogP contribution is -2.19. The number of anilines is 1. The van der Waals surface area contributed by atoms with Crippen LogP contribution in [-0.2, 0) is 6.54 Å². The largest absolute Gasteiger partial charge is 0.384 e. The molecule has 5 heteroatoms. The van der Waals surface area contributed by atoms with Gasteiger partial charge in [-0.1, -0.05) is 6.07 Å². The van der Waals surface area contributed by atoms with Gasteiger partial charge in [0.1, 0.15) is 11.7 Å². The van der Waals surface area contributed by atoms with Gasteiger partial charge in [0.15, 0.2) is 0 Å². The summed E-state index contributed by atoms with van der Waals surface area (Å²) >= 11 is 0. The first-order valence-electron chi connectivity index (χ1n) is 5.82. The van der Waals surface area contributed by atoms with Crippen LogP contribution in [0.5, 0.6) is 0 Å². The average molecular weight is 258 g/mol. The molecule has 2 rings (SSSR count). The highest BCUT2D eigenvalue weighted by molar-refractivity contribution is 5.95. The van der Waals surface area contributed by atoms with Gasteiger partial charge in [-0.15, -0.1) is 0 Å². The van der Waals surface area contributed by atoms with Gasteiger partial charge in [-0.3, -0.25) is 10.4 Å². The lowest BCUT2D eigenvalue weighted by molar-refractivity contribution is 0.622. The van der Waals surface area contributed by atoms with Gasteiger partial charge in [0.25, 0.3) is 0 Å². The molecule has 0 spiro atoms. The highest BCUT2D eigenvalue weighted by Crippen LogP contribution is 2.20. The molecule has 4 nitrogen and oxygen atoms in total. The minimum Gasteiger partial charge on any atom is -0.384 e. The molecule has 19 heavy (non-hydrogen) atoms. The number of nitrogen functional groups attached to an aromatic ring is 1. The second kappa shape index (κ2) is 5.48. The molecule has 0 saturated carbocycles. The van der Waals surface area contributed by atoms with Gasteiger partial charge in [-0.05, 0) is 29.8 Å². The van der Waals surface area contributed by atoms with E-state index in [0.29, 0.717) is 17.8 Å². The standard InChI is InChI=1S/C14H15FN4/c1-19(9-10-3-2-6-18-8-10)13-5-4-11(14(16)17)7-12(13)15/h2-8H,9H2,1H3,(H3,16,17). The minimum atomic E-state index is -0.390. The second-order valence-electron chi connectivity index (χ2n) is 4.30. The summed E-state index contributed by atoms with van der Waals surface area (Å²) in [5.74, 6) is -0.528. The molecule has 0 aliphatic carbocycles. The number of nitrogens with two attached hydrogens (primary N) is 1. The van der Waals surface area contributed by atoms with E-state index < -0.39 is 0 Å². The Morgan fingerprint density at radius 2 is 2.21 bits per heavy atom. The molecular formula is C14H15FN4. The molecule has 1 aromatic heterocycles. The molecule has 0 aliphatic heterocycles. The summed E-state index contributed by atoms with van der Waals surface area (Å²) < 4.78 is 14.0. The van der Waals surface area contributed by atoms with Crippen LogP contribution in [0.15, 0.2) is 42.7 Å². The molecule has 0 unspecified atom stereocenters. The number of nitrogens with zero attached hydrogens (tertiary/aromatic N) is 2. The Bertz CT molecular complexity index is 583. The van der Waals surface area contributed by atoms with E-state index in [4.69, 9.17) is 11.1 Å². The molecule has 0 saturated heterocycles. The third kappa shape index (κ3) is 3.07. The fourth-order valence-electron chi connectivity index (χ4n) is 1.83. The van der Waals surface area contributed by atoms with Crippen LogP contribution in [0.1, 0.15) is 11.1 Å². The average Bonchev–Trinajstić information content (AvgIpc) is 2.39. The number of amidine groups is 1. The number of hydrogen-bond donors (Lipinski definition) is 2. The van der Waals surface area contributed by atoms with E-state index in [1.54, 1.807) is 36.5 Å². The first-order chi connectivity index (χ1) is 9.08. The quantitative estimate of drug-likeness (QED) is 0.652. The van der Waals surface area contributed by atoms with E-state index in [9.17, 15) is 4.39 Å². The summed E-state index contributed by atoms with van der Waals surface area (Å²) in [5.41, 5.74) is 7.18. The van der Waals surface area contributed by atoms with E-state index in [2.05, 4.69) is 4.98 Å². The normalized spacial score (nSPS) is 10.2. The van der Waals surface area contributed by atoms with Crippen LogP contribution in [0.3, 0.4) is 0 Å². The lowest BCUT2D eigenvalue weighted by atomic mass is 10.1. The third-order valence-electron chi connectivity index (χ3n) is 2.81. The van der Waals surface area contributed by atoms with Crippen LogP contribution in [0.4, 0.5) is 10.1 Å². The maximum absolute atomic E-state index is 14.0. The number of nitrogens with one attached hydrogen (secondary N) is 1. The highest BCUT2D eigenvalue weighted by atomic mass is 19.1. The first-order valence-corrected chi connectivity index (χ1v) is 5.82. The summed E-state index contributed by atoms with van der Waals surface area (Å²) in [6.45, 7) is 0.560. The van der Waals surface area contributed by atoms with Crippen LogP contribution in [-0.4, -0.2) is 17.9 Å². The SMILES string of the molecule is CN(Cc1cccnc1)c1ccc(C(=N)N)cc1F. The summed E-state index contributed by atoms with van der Waals surface area (Å²) in [4.78, 5) is 5.81. The molecule has 1 heterocycles. The van der Waals surface area contributed by atoms with Crippen molar-refractivity contribution < 1.29 is 4.39 Å². The van der Waals surface area contributed by atoms with Crippen molar-refractivity contribution >= 4 is 11.5 Å². The predicted octanol–water partition coefficient (Wildman–Crippen LogP) is 2.14. The molecule has 0 fully saturated rings. The van der Waals surface area contributed by atoms with E-state index >= 15 is 0 Å². The van der Waals surface area contributed by atoms with E-state index in [1.165, 1.54) is 6.07 Å². The van der Waals surface area contributed by atoms with Crippen LogP contribution >= 0.6 is 0 Å². The Kier molecular flexibility index (Phi) is 3.75. The van der Waals surface area contributed by atoms with Gasteiger partial charge in [-0.2, -0.15) is 0 Å². The molecule has 0 amide bonds. The van der Waals surface area contributed by atoms with Gasteiger partial charge >= 0.3 is 0 Å². The van der Waals surface area contributed by atoms with E-state index in [0.717, 1.165) is 5.56 Å². The van der Waals surface area contributed by atoms with Crippen molar-refractivity contribution in [3.05, 3.63) is 59.7 Å². The fraction of sp³-hybridized carbons (Fsp3) is 0.143. The topological polar surface area (TPSA) is 66.0 Å². The van der Waals surface area contributed by atoms with Crippen LogP contribution < -0.4 is 10.6 Å². The van der Waals surface area contributed by atoms with Crippen molar-refractivity contribution in [2.24, 2.45) is 5.73 Å². The predicted molar refractivity (Wildman–Crippen MR) is 73.8 cm³/mol. The van der Waals surface area contributed by atoms with Crippen molar-refractivity contribution in [3.8, 4) is 0 Å². The first kappa shape index (κ1) is 13.0. The van der Waals surface area contributed by atoms with Crippen molar-refractivity contribution in [2.45, 2.75) is 6.54 Å². The molecule has 1 aromatic carbocycles. The second-order valence-corrected chi connectivity index (χ2v) is 4.30. The third-order valence-corrected chi connectivity index (χ3v) is 2.81. The van der Waals surface area contributed by atoms with Crippen LogP contribution in [0.25, 0.3) is 0 Å². The van der Waals surface area contributed by atoms with E-state index in [-0.39, 0.29) is 11.7 Å². The smallest absolute Gasteiger partial charge is 0.147 e. The van der Waals surface area contributed by atoms with Crippen molar-refractivity contribution in [2.75, 3.05) is 11.9 Å². The Hall–Kier alpha value is -2.43. The minimum absolute atomic E-state index is 0.139. The zero-order valence-electron chi connectivity index (χ0n) is 10.6. The van der Waals surface area contributed by atoms with Gasteiger partial charge in [0, 0.05) is 31.5 Å². The Morgan fingerprint density at radius 3 is 2.79 bits per heavy atom. The Morgan fingerprint density at radius 1 is 1.42 bits per heavy atom. The van der Waals surface area contributed by atoms with Gasteiger partial charge in [-0.25, -0.2) is 4.39 Å². The summed E-state index contributed by atoms with van der Waals surface area (Å²) in [7, 11) is 1.80. The van der Waals surface area contributed by atoms with E-state index in [1.807, 2.05) is 12.1 Å². The van der Waals surface area contributed by atoms with Crippen LogP contribution in [0.2, 0.25) is 0 Å². The zero-order chi connectivity index (χ0) is 13.8. The molecule has 2 aromatic rings. The van der Waals surface area contributed by atoms with Crippen molar-refractivity contribution in [3.63, 3.8) is 0 Å². The summed E-state index contributed by atoms with van der Waals surface area (Å²) in [6, 6.07) is 8.32. The maximum atomic E-state index is 14.0. The number of benzene rings is 1. The monoisotopic (exact) mass is 258 g/mol. The summed E-state index contributed by atoms with van der Waals surface area (Å²) in [5, 5.41) is 7.28. The Labute approximate surface area is 111 Å². The van der Waals surface area contributed by atoms with Gasteiger partial charge < -0.3 is 10.6 Å². The maximum Gasteiger partial charge on any atom is 0.147 e. The molecule has 0 aliphatic rings. The summed E-state index contributed by atoms with van der Waals surface area (Å²) in [6.07, 6.45) is 3.45. The van der Waals surface area contributed by atoms with Gasteiger partial charge in [0.2, 0.25) is 0 Å². The number of hydrogen-bond acceptors (Lipinski definition) is 3. The van der Waals surface area contributed by atoms with Crippen molar-refractivity contribution in [1.29, 1.82) is 5.41 Å². The number of rotatable bonds is 4. The lowest BCUT2D eigenvalue weighted by Gasteiger charge is -2.20. The number of pyridine rings is 1. The fourth-order valence-corrected chi connectivity index (χ4v) is 1.83. The molecule has 0 bridgehead atoms. The number of aromatic nitrogens is 1. The molecule has 3 N–H and O–H groups in total. The molecule has 98 valence electrons. The molecule has 0 radical (unpaired) electrons. The molecular weight excluding hydrogens is 243 g/mol. The van der Waals surface area contributed by atoms with Crippen molar-refractivity contribution in [1.82, 2.24) is 4.98 Å². The number of halogens is 1. The zero-order valence-corrected chi connectivity index (χ0v) is 10.6. The van der Waals surface area contributed by atoms with Gasteiger partial charge in [0.05, 0.1) is 5.69 Å². The highest BCUT2D eigenvalue weighted by Gasteiger charge is 2.10. The Balaban J connectivity index is 2.20. The van der Waals surface area contributed by atoms with Crippen LogP contribution in [0, 0.1) is 11.2 Å². The molecule has 0 atom stereocenters.